The summed E-state index contributed by atoms with van der Waals surface area (Å²) in [5, 5.41) is 29.3. The molecule has 4 atom stereocenters. The van der Waals surface area contributed by atoms with E-state index in [1.165, 1.54) is 0 Å². The number of carboxylic acids is 2. The van der Waals surface area contributed by atoms with Crippen molar-refractivity contribution in [2.24, 2.45) is 23.7 Å². The van der Waals surface area contributed by atoms with Crippen molar-refractivity contribution >= 4 is 35.6 Å². The molecule has 0 aromatic heterocycles. The molecule has 0 unspecified atom stereocenters. The van der Waals surface area contributed by atoms with Crippen LogP contribution in [0.5, 0.6) is 0 Å². The first-order chi connectivity index (χ1) is 21.5. The monoisotopic (exact) mass is 654 g/mol. The SMILES string of the molecule is CC(C)[C@H](NC(=O)[C@@H](NC(=O)CCCCCCCCCCCCC(=O)N[C@H](C(=O)N[C@H](C(=O)O)C(C)C)C(C)C)C(C)C)C(=O)O. The van der Waals surface area contributed by atoms with Crippen LogP contribution in [0.25, 0.3) is 0 Å². The van der Waals surface area contributed by atoms with E-state index in [9.17, 15) is 39.0 Å². The molecule has 266 valence electrons. The van der Waals surface area contributed by atoms with Gasteiger partial charge in [0.15, 0.2) is 0 Å². The van der Waals surface area contributed by atoms with Gasteiger partial charge in [-0.25, -0.2) is 9.59 Å². The van der Waals surface area contributed by atoms with E-state index in [1.807, 2.05) is 27.7 Å². The summed E-state index contributed by atoms with van der Waals surface area (Å²) in [7, 11) is 0. The molecule has 4 amide bonds. The highest BCUT2D eigenvalue weighted by Crippen LogP contribution is 2.13. The predicted octanol–water partition coefficient (Wildman–Crippen LogP) is 4.40. The van der Waals surface area contributed by atoms with Gasteiger partial charge >= 0.3 is 11.9 Å². The molecule has 0 aromatic carbocycles. The fraction of sp³-hybridized carbons (Fsp3) is 0.824. The maximum absolute atomic E-state index is 12.6. The van der Waals surface area contributed by atoms with Crippen LogP contribution in [0.3, 0.4) is 0 Å². The highest BCUT2D eigenvalue weighted by atomic mass is 16.4. The number of rotatable bonds is 25. The molecule has 0 aliphatic carbocycles. The van der Waals surface area contributed by atoms with Crippen LogP contribution < -0.4 is 21.3 Å². The van der Waals surface area contributed by atoms with Gasteiger partial charge in [-0.05, 0) is 36.5 Å². The minimum absolute atomic E-state index is 0.178. The molecule has 0 radical (unpaired) electrons. The third-order valence-electron chi connectivity index (χ3n) is 8.05. The Labute approximate surface area is 276 Å². The minimum Gasteiger partial charge on any atom is -0.480 e. The summed E-state index contributed by atoms with van der Waals surface area (Å²) in [6.07, 6.45) is 10.3. The molecule has 0 aliphatic rings. The van der Waals surface area contributed by atoms with Gasteiger partial charge < -0.3 is 31.5 Å². The van der Waals surface area contributed by atoms with Crippen molar-refractivity contribution in [2.45, 2.75) is 157 Å². The van der Waals surface area contributed by atoms with E-state index in [4.69, 9.17) is 0 Å². The third kappa shape index (κ3) is 18.1. The summed E-state index contributed by atoms with van der Waals surface area (Å²) in [4.78, 5) is 73.0. The van der Waals surface area contributed by atoms with Gasteiger partial charge in [0.2, 0.25) is 23.6 Å². The zero-order valence-corrected chi connectivity index (χ0v) is 29.4. The quantitative estimate of drug-likeness (QED) is 0.0781. The lowest BCUT2D eigenvalue weighted by molar-refractivity contribution is -0.144. The predicted molar refractivity (Wildman–Crippen MR) is 178 cm³/mol. The summed E-state index contributed by atoms with van der Waals surface area (Å²) in [6.45, 7) is 14.1. The summed E-state index contributed by atoms with van der Waals surface area (Å²) in [6, 6.07) is -3.58. The van der Waals surface area contributed by atoms with E-state index in [0.717, 1.165) is 64.2 Å². The largest absolute Gasteiger partial charge is 0.480 e. The van der Waals surface area contributed by atoms with E-state index in [1.54, 1.807) is 27.7 Å². The van der Waals surface area contributed by atoms with Gasteiger partial charge in [-0.2, -0.15) is 0 Å². The Morgan fingerprint density at radius 3 is 0.848 bits per heavy atom. The lowest BCUT2D eigenvalue weighted by Crippen LogP contribution is -2.54. The number of hydrogen-bond donors (Lipinski definition) is 6. The number of carbonyl (C=O) groups excluding carboxylic acids is 4. The maximum atomic E-state index is 12.6. The van der Waals surface area contributed by atoms with Gasteiger partial charge in [-0.3, -0.25) is 19.2 Å². The molecule has 0 saturated carbocycles. The second-order valence-electron chi connectivity index (χ2n) is 13.8. The van der Waals surface area contributed by atoms with Crippen LogP contribution in [0.2, 0.25) is 0 Å². The van der Waals surface area contributed by atoms with E-state index in [0.29, 0.717) is 12.8 Å². The Hall–Kier alpha value is -3.18. The van der Waals surface area contributed by atoms with Gasteiger partial charge in [0, 0.05) is 12.8 Å². The molecule has 0 fully saturated rings. The highest BCUT2D eigenvalue weighted by Gasteiger charge is 2.31. The summed E-state index contributed by atoms with van der Waals surface area (Å²) < 4.78 is 0. The molecule has 0 heterocycles. The topological polar surface area (TPSA) is 191 Å². The number of hydrogen-bond acceptors (Lipinski definition) is 6. The second-order valence-corrected chi connectivity index (χ2v) is 13.8. The average Bonchev–Trinajstić information content (AvgIpc) is 2.95. The van der Waals surface area contributed by atoms with Crippen molar-refractivity contribution in [3.8, 4) is 0 Å². The molecule has 0 rings (SSSR count). The first-order valence-electron chi connectivity index (χ1n) is 17.1. The van der Waals surface area contributed by atoms with E-state index in [2.05, 4.69) is 21.3 Å². The fourth-order valence-corrected chi connectivity index (χ4v) is 5.06. The molecule has 0 aromatic rings. The van der Waals surface area contributed by atoms with Crippen molar-refractivity contribution < 1.29 is 39.0 Å². The van der Waals surface area contributed by atoms with Gasteiger partial charge in [-0.1, -0.05) is 107 Å². The molecule has 12 nitrogen and oxygen atoms in total. The number of amides is 4. The Bertz CT molecular complexity index is 891. The molecule has 6 N–H and O–H groups in total. The molecular formula is C34H62N4O8. The van der Waals surface area contributed by atoms with Crippen LogP contribution in [-0.4, -0.2) is 69.9 Å². The van der Waals surface area contributed by atoms with Crippen LogP contribution in [0.1, 0.15) is 132 Å². The number of carbonyl (C=O) groups is 6. The molecule has 0 bridgehead atoms. The summed E-state index contributed by atoms with van der Waals surface area (Å²) >= 11 is 0. The van der Waals surface area contributed by atoms with Gasteiger partial charge in [0.1, 0.15) is 24.2 Å². The standard InChI is InChI=1S/C34H62N4O8/c1-21(2)27(31(41)37-29(23(5)6)33(43)44)35-25(39)19-17-15-13-11-9-10-12-14-16-18-20-26(40)36-28(22(3)4)32(42)38-30(24(7)8)34(45)46/h21-24,27-30H,9-20H2,1-8H3,(H,35,39)(H,36,40)(H,37,41)(H,38,42)(H,43,44)(H,45,46)/t27-,28-,29-,30-/m0/s1. The summed E-state index contributed by atoms with van der Waals surface area (Å²) in [5.41, 5.74) is 0. The van der Waals surface area contributed by atoms with E-state index in [-0.39, 0.29) is 35.5 Å². The first kappa shape index (κ1) is 42.8. The van der Waals surface area contributed by atoms with E-state index >= 15 is 0 Å². The second kappa shape index (κ2) is 23.2. The number of nitrogens with one attached hydrogen (secondary N) is 4. The van der Waals surface area contributed by atoms with Gasteiger partial charge in [0.25, 0.3) is 0 Å². The Morgan fingerprint density at radius 2 is 0.630 bits per heavy atom. The van der Waals surface area contributed by atoms with Gasteiger partial charge in [-0.15, -0.1) is 0 Å². The zero-order valence-electron chi connectivity index (χ0n) is 29.4. The normalized spacial score (nSPS) is 14.1. The van der Waals surface area contributed by atoms with Gasteiger partial charge in [0.05, 0.1) is 0 Å². The molecule has 0 spiro atoms. The summed E-state index contributed by atoms with van der Waals surface area (Å²) in [5.74, 6) is -4.48. The van der Waals surface area contributed by atoms with Crippen LogP contribution >= 0.6 is 0 Å². The number of unbranched alkanes of at least 4 members (excludes halogenated alkanes) is 9. The van der Waals surface area contributed by atoms with E-state index < -0.39 is 47.9 Å². The van der Waals surface area contributed by atoms with Crippen LogP contribution in [0, 0.1) is 23.7 Å². The number of carboxylic acid groups (broad SMARTS) is 2. The zero-order chi connectivity index (χ0) is 35.4. The van der Waals surface area contributed by atoms with Crippen molar-refractivity contribution in [2.75, 3.05) is 0 Å². The fourth-order valence-electron chi connectivity index (χ4n) is 5.06. The maximum Gasteiger partial charge on any atom is 0.326 e. The molecule has 0 aliphatic heterocycles. The Morgan fingerprint density at radius 1 is 0.391 bits per heavy atom. The van der Waals surface area contributed by atoms with Crippen LogP contribution in [0.4, 0.5) is 0 Å². The lowest BCUT2D eigenvalue weighted by Gasteiger charge is -2.25. The molecule has 12 heteroatoms. The number of aliphatic carboxylic acids is 2. The third-order valence-corrected chi connectivity index (χ3v) is 8.05. The molecular weight excluding hydrogens is 592 g/mol. The first-order valence-corrected chi connectivity index (χ1v) is 17.1. The van der Waals surface area contributed by atoms with Crippen LogP contribution in [-0.2, 0) is 28.8 Å². The Kier molecular flexibility index (Phi) is 21.6. The highest BCUT2D eigenvalue weighted by molar-refractivity contribution is 5.91. The van der Waals surface area contributed by atoms with Crippen LogP contribution in [0.15, 0.2) is 0 Å². The Balaban J connectivity index is 4.14. The smallest absolute Gasteiger partial charge is 0.326 e. The molecule has 46 heavy (non-hydrogen) atoms. The molecule has 0 saturated heterocycles. The van der Waals surface area contributed by atoms with Crippen molar-refractivity contribution in [3.05, 3.63) is 0 Å². The van der Waals surface area contributed by atoms with Crippen molar-refractivity contribution in [1.29, 1.82) is 0 Å². The average molecular weight is 655 g/mol. The minimum atomic E-state index is -1.10. The van der Waals surface area contributed by atoms with Crippen molar-refractivity contribution in [3.63, 3.8) is 0 Å². The van der Waals surface area contributed by atoms with Crippen molar-refractivity contribution in [1.82, 2.24) is 21.3 Å². The lowest BCUT2D eigenvalue weighted by atomic mass is 10.00.